The van der Waals surface area contributed by atoms with Gasteiger partial charge in [-0.25, -0.2) is 0 Å². The Bertz CT molecular complexity index is 661. The number of methoxy groups -OCH3 is 1. The zero-order valence-corrected chi connectivity index (χ0v) is 12.3. The maximum atomic E-state index is 12.7. The van der Waals surface area contributed by atoms with Crippen LogP contribution in [-0.4, -0.2) is 19.7 Å². The number of amides is 1. The lowest BCUT2D eigenvalue weighted by molar-refractivity contribution is -0.120. The molecule has 1 aliphatic heterocycles. The van der Waals surface area contributed by atoms with Crippen LogP contribution in [0.15, 0.2) is 48.5 Å². The van der Waals surface area contributed by atoms with Gasteiger partial charge in [0.05, 0.1) is 11.4 Å². The fourth-order valence-corrected chi connectivity index (χ4v) is 2.66. The Morgan fingerprint density at radius 1 is 1.24 bits per heavy atom. The van der Waals surface area contributed by atoms with Crippen molar-refractivity contribution in [3.8, 4) is 0 Å². The average molecular weight is 303 g/mol. The molecule has 0 fully saturated rings. The van der Waals surface area contributed by atoms with E-state index in [0.717, 1.165) is 16.9 Å². The minimum atomic E-state index is -0.438. The van der Waals surface area contributed by atoms with Gasteiger partial charge in [-0.1, -0.05) is 41.9 Å². The number of carbonyl (C=O) groups is 1. The van der Waals surface area contributed by atoms with Crippen molar-refractivity contribution in [2.45, 2.75) is 6.04 Å². The highest BCUT2D eigenvalue weighted by Crippen LogP contribution is 2.37. The summed E-state index contributed by atoms with van der Waals surface area (Å²) in [5.41, 5.74) is 2.51. The van der Waals surface area contributed by atoms with Crippen LogP contribution >= 0.6 is 11.6 Å². The first kappa shape index (κ1) is 13.9. The number of rotatable bonds is 3. The summed E-state index contributed by atoms with van der Waals surface area (Å²) in [4.78, 5) is 14.3. The first-order valence-electron chi connectivity index (χ1n) is 6.62. The molecule has 3 rings (SSSR count). The Morgan fingerprint density at radius 2 is 2.00 bits per heavy atom. The smallest absolute Gasteiger partial charge is 0.256 e. The van der Waals surface area contributed by atoms with E-state index in [1.165, 1.54) is 0 Å². The molecule has 1 N–H and O–H groups in total. The van der Waals surface area contributed by atoms with Gasteiger partial charge in [-0.05, 0) is 23.8 Å². The van der Waals surface area contributed by atoms with E-state index < -0.39 is 6.04 Å². The molecule has 0 spiro atoms. The maximum absolute atomic E-state index is 12.7. The van der Waals surface area contributed by atoms with E-state index in [2.05, 4.69) is 5.32 Å². The van der Waals surface area contributed by atoms with Crippen molar-refractivity contribution in [1.29, 1.82) is 0 Å². The molecule has 1 heterocycles. The lowest BCUT2D eigenvalue weighted by Crippen LogP contribution is -2.43. The molecule has 0 saturated carbocycles. The third-order valence-electron chi connectivity index (χ3n) is 3.45. The van der Waals surface area contributed by atoms with E-state index in [1.54, 1.807) is 18.1 Å². The van der Waals surface area contributed by atoms with Crippen molar-refractivity contribution in [2.75, 3.05) is 24.1 Å². The standard InChI is InChI=1S/C16H15ClN2O2/c1-21-10-19-14-8-7-12(17)9-13(14)18-15(16(19)20)11-5-3-2-4-6-11/h2-9,15,18H,10H2,1H3. The second-order valence-corrected chi connectivity index (χ2v) is 5.27. The molecule has 1 aliphatic rings. The van der Waals surface area contributed by atoms with Crippen LogP contribution in [0.25, 0.3) is 0 Å². The first-order chi connectivity index (χ1) is 10.2. The second-order valence-electron chi connectivity index (χ2n) is 4.83. The summed E-state index contributed by atoms with van der Waals surface area (Å²) in [5, 5.41) is 3.89. The Morgan fingerprint density at radius 3 is 2.71 bits per heavy atom. The topological polar surface area (TPSA) is 41.6 Å². The van der Waals surface area contributed by atoms with E-state index in [0.29, 0.717) is 5.02 Å². The zero-order valence-electron chi connectivity index (χ0n) is 11.5. The number of nitrogens with one attached hydrogen (secondary N) is 1. The van der Waals surface area contributed by atoms with Crippen molar-refractivity contribution in [3.05, 3.63) is 59.1 Å². The van der Waals surface area contributed by atoms with Crippen LogP contribution in [0.4, 0.5) is 11.4 Å². The SMILES string of the molecule is COCN1C(=O)C(c2ccccc2)Nc2cc(Cl)ccc21. The molecule has 0 saturated heterocycles. The molecule has 4 nitrogen and oxygen atoms in total. The van der Waals surface area contributed by atoms with Gasteiger partial charge in [-0.15, -0.1) is 0 Å². The molecule has 108 valence electrons. The molecule has 0 radical (unpaired) electrons. The molecule has 21 heavy (non-hydrogen) atoms. The van der Waals surface area contributed by atoms with Gasteiger partial charge in [0.25, 0.3) is 5.91 Å². The Balaban J connectivity index is 2.05. The fourth-order valence-electron chi connectivity index (χ4n) is 2.48. The number of hydrogen-bond acceptors (Lipinski definition) is 3. The van der Waals surface area contributed by atoms with Crippen LogP contribution in [-0.2, 0) is 9.53 Å². The molecule has 0 aromatic heterocycles. The third-order valence-corrected chi connectivity index (χ3v) is 3.69. The molecule has 0 aliphatic carbocycles. The molecular weight excluding hydrogens is 288 g/mol. The van der Waals surface area contributed by atoms with Crippen molar-refractivity contribution in [2.24, 2.45) is 0 Å². The number of hydrogen-bond donors (Lipinski definition) is 1. The first-order valence-corrected chi connectivity index (χ1v) is 7.00. The minimum Gasteiger partial charge on any atom is -0.368 e. The molecule has 5 heteroatoms. The number of carbonyl (C=O) groups excluding carboxylic acids is 1. The van der Waals surface area contributed by atoms with Crippen LogP contribution in [0, 0.1) is 0 Å². The Kier molecular flexibility index (Phi) is 3.82. The van der Waals surface area contributed by atoms with E-state index in [9.17, 15) is 4.79 Å². The maximum Gasteiger partial charge on any atom is 0.256 e. The normalized spacial score (nSPS) is 17.3. The van der Waals surface area contributed by atoms with Gasteiger partial charge in [0, 0.05) is 12.1 Å². The molecule has 1 amide bonds. The van der Waals surface area contributed by atoms with Crippen molar-refractivity contribution in [3.63, 3.8) is 0 Å². The highest BCUT2D eigenvalue weighted by atomic mass is 35.5. The van der Waals surface area contributed by atoms with Gasteiger partial charge in [0.15, 0.2) is 0 Å². The number of ether oxygens (including phenoxy) is 1. The Labute approximate surface area is 128 Å². The van der Waals surface area contributed by atoms with E-state index in [-0.39, 0.29) is 12.6 Å². The zero-order chi connectivity index (χ0) is 14.8. The van der Waals surface area contributed by atoms with Gasteiger partial charge in [0.2, 0.25) is 0 Å². The lowest BCUT2D eigenvalue weighted by atomic mass is 10.0. The van der Waals surface area contributed by atoms with E-state index in [1.807, 2.05) is 42.5 Å². The van der Waals surface area contributed by atoms with E-state index in [4.69, 9.17) is 16.3 Å². The lowest BCUT2D eigenvalue weighted by Gasteiger charge is -2.35. The summed E-state index contributed by atoms with van der Waals surface area (Å²) < 4.78 is 5.17. The van der Waals surface area contributed by atoms with Gasteiger partial charge in [-0.2, -0.15) is 0 Å². The fraction of sp³-hybridized carbons (Fsp3) is 0.188. The quantitative estimate of drug-likeness (QED) is 0.944. The molecule has 0 bridgehead atoms. The summed E-state index contributed by atoms with van der Waals surface area (Å²) in [6.07, 6.45) is 0. The van der Waals surface area contributed by atoms with Crippen LogP contribution in [0.2, 0.25) is 5.02 Å². The summed E-state index contributed by atoms with van der Waals surface area (Å²) in [6.45, 7) is 0.207. The van der Waals surface area contributed by atoms with Crippen LogP contribution < -0.4 is 10.2 Å². The number of nitrogens with zero attached hydrogens (tertiary/aromatic N) is 1. The number of fused-ring (bicyclic) bond motifs is 1. The highest BCUT2D eigenvalue weighted by Gasteiger charge is 2.33. The van der Waals surface area contributed by atoms with Gasteiger partial charge < -0.3 is 10.1 Å². The van der Waals surface area contributed by atoms with Crippen molar-refractivity contribution >= 4 is 28.9 Å². The number of anilines is 2. The van der Waals surface area contributed by atoms with Crippen molar-refractivity contribution in [1.82, 2.24) is 0 Å². The summed E-state index contributed by atoms with van der Waals surface area (Å²) in [5.74, 6) is -0.0436. The molecular formula is C16H15ClN2O2. The van der Waals surface area contributed by atoms with Gasteiger partial charge in [0.1, 0.15) is 12.8 Å². The summed E-state index contributed by atoms with van der Waals surface area (Å²) >= 11 is 6.06. The minimum absolute atomic E-state index is 0.0436. The predicted molar refractivity (Wildman–Crippen MR) is 83.6 cm³/mol. The van der Waals surface area contributed by atoms with Crippen LogP contribution in [0.3, 0.4) is 0 Å². The largest absolute Gasteiger partial charge is 0.368 e. The molecule has 2 aromatic rings. The van der Waals surface area contributed by atoms with Crippen LogP contribution in [0.5, 0.6) is 0 Å². The summed E-state index contributed by atoms with van der Waals surface area (Å²) in [7, 11) is 1.57. The number of benzene rings is 2. The third kappa shape index (κ3) is 2.60. The number of halogens is 1. The van der Waals surface area contributed by atoms with Gasteiger partial charge in [-0.3, -0.25) is 9.69 Å². The Hall–Kier alpha value is -2.04. The summed E-state index contributed by atoms with van der Waals surface area (Å²) in [6, 6.07) is 14.6. The van der Waals surface area contributed by atoms with Gasteiger partial charge >= 0.3 is 0 Å². The van der Waals surface area contributed by atoms with Crippen molar-refractivity contribution < 1.29 is 9.53 Å². The second kappa shape index (κ2) is 5.76. The van der Waals surface area contributed by atoms with E-state index >= 15 is 0 Å². The van der Waals surface area contributed by atoms with Crippen LogP contribution in [0.1, 0.15) is 11.6 Å². The highest BCUT2D eigenvalue weighted by molar-refractivity contribution is 6.31. The molecule has 1 atom stereocenters. The predicted octanol–water partition coefficient (Wildman–Crippen LogP) is 3.44. The monoisotopic (exact) mass is 302 g/mol. The average Bonchev–Trinajstić information content (AvgIpc) is 2.51. The molecule has 1 unspecified atom stereocenters. The molecule has 2 aromatic carbocycles.